The predicted molar refractivity (Wildman–Crippen MR) is 61.7 cm³/mol. The molecule has 1 aliphatic heterocycles. The Kier molecular flexibility index (Phi) is 4.00. The Morgan fingerprint density at radius 1 is 1.33 bits per heavy atom. The minimum atomic E-state index is 0.435. The van der Waals surface area contributed by atoms with Crippen LogP contribution in [0.25, 0.3) is 0 Å². The molecule has 1 saturated carbocycles. The zero-order valence-corrected chi connectivity index (χ0v) is 9.74. The molecule has 3 N–H and O–H groups in total. The summed E-state index contributed by atoms with van der Waals surface area (Å²) in [5.41, 5.74) is 6.05. The number of rotatable bonds is 6. The first-order valence-electron chi connectivity index (χ1n) is 6.34. The van der Waals surface area contributed by atoms with Gasteiger partial charge in [0.15, 0.2) is 0 Å². The smallest absolute Gasteiger partial charge is 0.0509 e. The Morgan fingerprint density at radius 2 is 2.13 bits per heavy atom. The van der Waals surface area contributed by atoms with Crippen LogP contribution in [0.2, 0.25) is 0 Å². The van der Waals surface area contributed by atoms with E-state index in [-0.39, 0.29) is 0 Å². The monoisotopic (exact) mass is 212 g/mol. The fourth-order valence-corrected chi connectivity index (χ4v) is 2.35. The van der Waals surface area contributed by atoms with Gasteiger partial charge in [0, 0.05) is 18.7 Å². The molecule has 2 fully saturated rings. The Balaban J connectivity index is 1.55. The number of ether oxygens (including phenoxy) is 1. The zero-order valence-electron chi connectivity index (χ0n) is 9.74. The van der Waals surface area contributed by atoms with Crippen LogP contribution >= 0.6 is 0 Å². The summed E-state index contributed by atoms with van der Waals surface area (Å²) in [7, 11) is 0. The van der Waals surface area contributed by atoms with Gasteiger partial charge in [-0.25, -0.2) is 0 Å². The highest BCUT2D eigenvalue weighted by Gasteiger charge is 2.28. The van der Waals surface area contributed by atoms with E-state index in [9.17, 15) is 0 Å². The molecule has 1 aliphatic carbocycles. The minimum absolute atomic E-state index is 0.435. The summed E-state index contributed by atoms with van der Waals surface area (Å²) in [5.74, 6) is 1.54. The maximum absolute atomic E-state index is 6.05. The molecule has 0 radical (unpaired) electrons. The lowest BCUT2D eigenvalue weighted by Gasteiger charge is -2.20. The SMILES string of the molecule is CC(NCCC(N)C1CC1)C1CCOC1. The molecule has 3 nitrogen and oxygen atoms in total. The second-order valence-corrected chi connectivity index (χ2v) is 5.16. The molecule has 2 aliphatic rings. The Labute approximate surface area is 92.7 Å². The van der Waals surface area contributed by atoms with Crippen molar-refractivity contribution in [2.75, 3.05) is 19.8 Å². The number of hydrogen-bond donors (Lipinski definition) is 2. The third-order valence-corrected chi connectivity index (χ3v) is 3.84. The van der Waals surface area contributed by atoms with E-state index in [1.165, 1.54) is 19.3 Å². The van der Waals surface area contributed by atoms with Gasteiger partial charge in [0.1, 0.15) is 0 Å². The van der Waals surface area contributed by atoms with Crippen molar-refractivity contribution in [3.8, 4) is 0 Å². The van der Waals surface area contributed by atoms with Crippen LogP contribution < -0.4 is 11.1 Å². The highest BCUT2D eigenvalue weighted by molar-refractivity contribution is 4.85. The van der Waals surface area contributed by atoms with Gasteiger partial charge in [-0.05, 0) is 51.0 Å². The minimum Gasteiger partial charge on any atom is -0.381 e. The van der Waals surface area contributed by atoms with Crippen LogP contribution in [0.1, 0.15) is 32.6 Å². The van der Waals surface area contributed by atoms with Crippen LogP contribution in [0, 0.1) is 11.8 Å². The molecule has 0 aromatic heterocycles. The van der Waals surface area contributed by atoms with Crippen LogP contribution in [0.15, 0.2) is 0 Å². The third-order valence-electron chi connectivity index (χ3n) is 3.84. The summed E-state index contributed by atoms with van der Waals surface area (Å²) >= 11 is 0. The summed E-state index contributed by atoms with van der Waals surface area (Å²) < 4.78 is 5.39. The van der Waals surface area contributed by atoms with Gasteiger partial charge in [0.25, 0.3) is 0 Å². The second kappa shape index (κ2) is 5.28. The van der Waals surface area contributed by atoms with E-state index in [0.29, 0.717) is 18.0 Å². The second-order valence-electron chi connectivity index (χ2n) is 5.16. The highest BCUT2D eigenvalue weighted by atomic mass is 16.5. The molecular formula is C12H24N2O. The Hall–Kier alpha value is -0.120. The van der Waals surface area contributed by atoms with Crippen molar-refractivity contribution in [1.82, 2.24) is 5.32 Å². The van der Waals surface area contributed by atoms with Crippen molar-refractivity contribution in [3.05, 3.63) is 0 Å². The van der Waals surface area contributed by atoms with Gasteiger partial charge in [-0.3, -0.25) is 0 Å². The summed E-state index contributed by atoms with van der Waals surface area (Å²) in [6.45, 7) is 5.21. The van der Waals surface area contributed by atoms with Crippen molar-refractivity contribution in [2.45, 2.75) is 44.7 Å². The van der Waals surface area contributed by atoms with Crippen LogP contribution in [-0.4, -0.2) is 31.8 Å². The van der Waals surface area contributed by atoms with Gasteiger partial charge >= 0.3 is 0 Å². The van der Waals surface area contributed by atoms with E-state index in [4.69, 9.17) is 10.5 Å². The van der Waals surface area contributed by atoms with Crippen LogP contribution in [-0.2, 0) is 4.74 Å². The van der Waals surface area contributed by atoms with Crippen LogP contribution in [0.4, 0.5) is 0 Å². The lowest BCUT2D eigenvalue weighted by Crippen LogP contribution is -2.37. The van der Waals surface area contributed by atoms with Gasteiger partial charge < -0.3 is 15.8 Å². The summed E-state index contributed by atoms with van der Waals surface area (Å²) in [6.07, 6.45) is 5.05. The van der Waals surface area contributed by atoms with E-state index >= 15 is 0 Å². The summed E-state index contributed by atoms with van der Waals surface area (Å²) in [5, 5.41) is 3.58. The normalized spacial score (nSPS) is 30.4. The maximum atomic E-state index is 6.05. The molecule has 1 saturated heterocycles. The molecule has 0 bridgehead atoms. The van der Waals surface area contributed by atoms with E-state index < -0.39 is 0 Å². The summed E-state index contributed by atoms with van der Waals surface area (Å²) in [4.78, 5) is 0. The molecule has 3 heteroatoms. The molecule has 3 atom stereocenters. The third kappa shape index (κ3) is 3.44. The Bertz CT molecular complexity index is 188. The first-order chi connectivity index (χ1) is 7.27. The number of nitrogens with one attached hydrogen (secondary N) is 1. The van der Waals surface area contributed by atoms with Gasteiger partial charge in [0.05, 0.1) is 6.61 Å². The molecule has 0 spiro atoms. The number of hydrogen-bond acceptors (Lipinski definition) is 3. The molecule has 0 aromatic carbocycles. The average molecular weight is 212 g/mol. The van der Waals surface area contributed by atoms with E-state index in [1.807, 2.05) is 0 Å². The van der Waals surface area contributed by atoms with E-state index in [1.54, 1.807) is 0 Å². The average Bonchev–Trinajstić information content (AvgIpc) is 2.93. The van der Waals surface area contributed by atoms with Crippen molar-refractivity contribution < 1.29 is 4.74 Å². The van der Waals surface area contributed by atoms with Gasteiger partial charge in [-0.2, -0.15) is 0 Å². The van der Waals surface area contributed by atoms with Gasteiger partial charge in [-0.1, -0.05) is 0 Å². The Morgan fingerprint density at radius 3 is 2.73 bits per heavy atom. The molecule has 88 valence electrons. The fraction of sp³-hybridized carbons (Fsp3) is 1.00. The van der Waals surface area contributed by atoms with E-state index in [0.717, 1.165) is 32.1 Å². The van der Waals surface area contributed by atoms with Gasteiger partial charge in [0.2, 0.25) is 0 Å². The standard InChI is InChI=1S/C12H24N2O/c1-9(11-5-7-15-8-11)14-6-4-12(13)10-2-3-10/h9-12,14H,2-8,13H2,1H3. The largest absolute Gasteiger partial charge is 0.381 e. The lowest BCUT2D eigenvalue weighted by molar-refractivity contribution is 0.178. The van der Waals surface area contributed by atoms with Crippen molar-refractivity contribution in [1.29, 1.82) is 0 Å². The maximum Gasteiger partial charge on any atom is 0.0509 e. The van der Waals surface area contributed by atoms with Crippen LogP contribution in [0.5, 0.6) is 0 Å². The van der Waals surface area contributed by atoms with Crippen LogP contribution in [0.3, 0.4) is 0 Å². The molecule has 0 aromatic rings. The molecular weight excluding hydrogens is 188 g/mol. The lowest BCUT2D eigenvalue weighted by atomic mass is 10.0. The molecule has 1 heterocycles. The highest BCUT2D eigenvalue weighted by Crippen LogP contribution is 2.32. The zero-order chi connectivity index (χ0) is 10.7. The topological polar surface area (TPSA) is 47.3 Å². The first-order valence-corrected chi connectivity index (χ1v) is 6.34. The summed E-state index contributed by atoms with van der Waals surface area (Å²) in [6, 6.07) is 1.02. The molecule has 3 unspecified atom stereocenters. The van der Waals surface area contributed by atoms with Crippen molar-refractivity contribution in [2.24, 2.45) is 17.6 Å². The quantitative estimate of drug-likeness (QED) is 0.694. The molecule has 15 heavy (non-hydrogen) atoms. The first kappa shape index (κ1) is 11.4. The van der Waals surface area contributed by atoms with Gasteiger partial charge in [-0.15, -0.1) is 0 Å². The fourth-order valence-electron chi connectivity index (χ4n) is 2.35. The van der Waals surface area contributed by atoms with Crippen molar-refractivity contribution in [3.63, 3.8) is 0 Å². The molecule has 2 rings (SSSR count). The van der Waals surface area contributed by atoms with Crippen molar-refractivity contribution >= 4 is 0 Å². The molecule has 0 amide bonds. The number of nitrogens with two attached hydrogens (primary N) is 1. The van der Waals surface area contributed by atoms with E-state index in [2.05, 4.69) is 12.2 Å². The predicted octanol–water partition coefficient (Wildman–Crippen LogP) is 1.13.